The first-order valence-electron chi connectivity index (χ1n) is 6.02. The first-order valence-corrected chi connectivity index (χ1v) is 6.40. The Morgan fingerprint density at radius 2 is 2.25 bits per heavy atom. The summed E-state index contributed by atoms with van der Waals surface area (Å²) in [7, 11) is 0. The number of fused-ring (bicyclic) bond motifs is 2. The molecule has 0 aromatic carbocycles. The molecule has 0 saturated heterocycles. The predicted molar refractivity (Wildman–Crippen MR) is 64.5 cm³/mol. The third-order valence-corrected chi connectivity index (χ3v) is 4.27. The van der Waals surface area contributed by atoms with Gasteiger partial charge in [0.1, 0.15) is 17.3 Å². The Morgan fingerprint density at radius 3 is 2.94 bits per heavy atom. The predicted octanol–water partition coefficient (Wildman–Crippen LogP) is 2.98. The average Bonchev–Trinajstić information content (AvgIpc) is 2.88. The SMILES string of the molecule is Clc1cc(NCC2CC3CCC2C3)ncn1. The van der Waals surface area contributed by atoms with Crippen LogP contribution in [0.1, 0.15) is 25.7 Å². The van der Waals surface area contributed by atoms with E-state index in [0.717, 1.165) is 30.1 Å². The number of hydrogen-bond acceptors (Lipinski definition) is 3. The van der Waals surface area contributed by atoms with E-state index >= 15 is 0 Å². The number of anilines is 1. The number of hydrogen-bond donors (Lipinski definition) is 1. The summed E-state index contributed by atoms with van der Waals surface area (Å²) in [4.78, 5) is 8.03. The van der Waals surface area contributed by atoms with E-state index in [0.29, 0.717) is 5.15 Å². The van der Waals surface area contributed by atoms with E-state index in [1.165, 1.54) is 32.0 Å². The van der Waals surface area contributed by atoms with Crippen LogP contribution in [0.5, 0.6) is 0 Å². The molecule has 86 valence electrons. The van der Waals surface area contributed by atoms with Gasteiger partial charge in [0.2, 0.25) is 0 Å². The maximum Gasteiger partial charge on any atom is 0.134 e. The summed E-state index contributed by atoms with van der Waals surface area (Å²) in [5, 5.41) is 3.88. The molecule has 3 nitrogen and oxygen atoms in total. The van der Waals surface area contributed by atoms with Crippen LogP contribution in [-0.4, -0.2) is 16.5 Å². The fourth-order valence-corrected chi connectivity index (χ4v) is 3.44. The van der Waals surface area contributed by atoms with Gasteiger partial charge in [-0.1, -0.05) is 18.0 Å². The lowest BCUT2D eigenvalue weighted by Gasteiger charge is -2.21. The van der Waals surface area contributed by atoms with Crippen molar-refractivity contribution in [1.82, 2.24) is 9.97 Å². The molecule has 1 heterocycles. The van der Waals surface area contributed by atoms with Crippen LogP contribution >= 0.6 is 11.6 Å². The fraction of sp³-hybridized carbons (Fsp3) is 0.667. The van der Waals surface area contributed by atoms with E-state index in [9.17, 15) is 0 Å². The number of rotatable bonds is 3. The average molecular weight is 238 g/mol. The Kier molecular flexibility index (Phi) is 2.72. The molecule has 4 heteroatoms. The third-order valence-electron chi connectivity index (χ3n) is 4.06. The molecule has 2 bridgehead atoms. The molecule has 2 saturated carbocycles. The number of halogens is 1. The molecule has 1 aromatic rings. The van der Waals surface area contributed by atoms with Gasteiger partial charge in [0, 0.05) is 12.6 Å². The van der Waals surface area contributed by atoms with E-state index < -0.39 is 0 Å². The van der Waals surface area contributed by atoms with Crippen molar-refractivity contribution in [3.05, 3.63) is 17.5 Å². The van der Waals surface area contributed by atoms with Crippen LogP contribution in [0.4, 0.5) is 5.82 Å². The number of aromatic nitrogens is 2. The highest BCUT2D eigenvalue weighted by molar-refractivity contribution is 6.29. The summed E-state index contributed by atoms with van der Waals surface area (Å²) in [6.07, 6.45) is 7.25. The Labute approximate surface area is 101 Å². The highest BCUT2D eigenvalue weighted by Gasteiger charge is 2.38. The molecule has 1 N–H and O–H groups in total. The van der Waals surface area contributed by atoms with Crippen molar-refractivity contribution in [2.75, 3.05) is 11.9 Å². The maximum atomic E-state index is 5.81. The van der Waals surface area contributed by atoms with Gasteiger partial charge in [-0.05, 0) is 37.0 Å². The standard InChI is InChI=1S/C12H16ClN3/c13-11-5-12(16-7-15-11)14-6-10-4-8-1-2-9(10)3-8/h5,7-10H,1-4,6H2,(H,14,15,16). The summed E-state index contributed by atoms with van der Waals surface area (Å²) in [6.45, 7) is 1.04. The van der Waals surface area contributed by atoms with E-state index in [1.54, 1.807) is 6.07 Å². The zero-order valence-electron chi connectivity index (χ0n) is 9.19. The number of nitrogens with zero attached hydrogens (tertiary/aromatic N) is 2. The Balaban J connectivity index is 1.57. The second-order valence-corrected chi connectivity index (χ2v) is 5.43. The molecule has 3 rings (SSSR count). The summed E-state index contributed by atoms with van der Waals surface area (Å²) in [6, 6.07) is 1.79. The molecule has 0 radical (unpaired) electrons. The highest BCUT2D eigenvalue weighted by Crippen LogP contribution is 2.48. The summed E-state index contributed by atoms with van der Waals surface area (Å²) >= 11 is 5.81. The molecule has 1 aromatic heterocycles. The van der Waals surface area contributed by atoms with Gasteiger partial charge in [0.15, 0.2) is 0 Å². The molecule has 3 unspecified atom stereocenters. The Morgan fingerprint density at radius 1 is 1.31 bits per heavy atom. The lowest BCUT2D eigenvalue weighted by molar-refractivity contribution is 0.348. The minimum absolute atomic E-state index is 0.505. The topological polar surface area (TPSA) is 37.8 Å². The zero-order chi connectivity index (χ0) is 11.0. The van der Waals surface area contributed by atoms with E-state index in [1.807, 2.05) is 0 Å². The van der Waals surface area contributed by atoms with E-state index in [-0.39, 0.29) is 0 Å². The van der Waals surface area contributed by atoms with Gasteiger partial charge in [-0.3, -0.25) is 0 Å². The van der Waals surface area contributed by atoms with Crippen LogP contribution in [0.2, 0.25) is 5.15 Å². The van der Waals surface area contributed by atoms with E-state index in [4.69, 9.17) is 11.6 Å². The fourth-order valence-electron chi connectivity index (χ4n) is 3.29. The monoisotopic (exact) mass is 237 g/mol. The van der Waals surface area contributed by atoms with E-state index in [2.05, 4.69) is 15.3 Å². The first kappa shape index (κ1) is 10.3. The van der Waals surface area contributed by atoms with Gasteiger partial charge < -0.3 is 5.32 Å². The maximum absolute atomic E-state index is 5.81. The van der Waals surface area contributed by atoms with Crippen molar-refractivity contribution >= 4 is 17.4 Å². The van der Waals surface area contributed by atoms with Gasteiger partial charge in [0.25, 0.3) is 0 Å². The van der Waals surface area contributed by atoms with Gasteiger partial charge in [0.05, 0.1) is 0 Å². The van der Waals surface area contributed by atoms with Crippen molar-refractivity contribution in [2.24, 2.45) is 17.8 Å². The van der Waals surface area contributed by atoms with Crippen LogP contribution < -0.4 is 5.32 Å². The molecule has 0 spiro atoms. The normalized spacial score (nSPS) is 31.9. The van der Waals surface area contributed by atoms with Crippen LogP contribution in [-0.2, 0) is 0 Å². The van der Waals surface area contributed by atoms with Crippen molar-refractivity contribution < 1.29 is 0 Å². The molecule has 0 aliphatic heterocycles. The van der Waals surface area contributed by atoms with Gasteiger partial charge in [-0.15, -0.1) is 0 Å². The molecule has 2 aliphatic carbocycles. The Bertz CT molecular complexity index is 382. The van der Waals surface area contributed by atoms with Crippen LogP contribution in [0.25, 0.3) is 0 Å². The lowest BCUT2D eigenvalue weighted by Crippen LogP contribution is -2.20. The van der Waals surface area contributed by atoms with Gasteiger partial charge >= 0.3 is 0 Å². The molecule has 2 fully saturated rings. The van der Waals surface area contributed by atoms with Gasteiger partial charge in [-0.2, -0.15) is 0 Å². The van der Waals surface area contributed by atoms with Crippen molar-refractivity contribution in [3.63, 3.8) is 0 Å². The van der Waals surface area contributed by atoms with Crippen LogP contribution in [0.15, 0.2) is 12.4 Å². The summed E-state index contributed by atoms with van der Waals surface area (Å²) in [5.74, 6) is 3.65. The summed E-state index contributed by atoms with van der Waals surface area (Å²) < 4.78 is 0. The smallest absolute Gasteiger partial charge is 0.134 e. The largest absolute Gasteiger partial charge is 0.370 e. The minimum atomic E-state index is 0.505. The first-order chi connectivity index (χ1) is 7.81. The molecule has 0 amide bonds. The third kappa shape index (κ3) is 2.01. The van der Waals surface area contributed by atoms with Crippen molar-refractivity contribution in [2.45, 2.75) is 25.7 Å². The molecular weight excluding hydrogens is 222 g/mol. The minimum Gasteiger partial charge on any atom is -0.370 e. The second-order valence-electron chi connectivity index (χ2n) is 5.04. The lowest BCUT2D eigenvalue weighted by atomic mass is 9.89. The molecule has 2 aliphatic rings. The number of nitrogens with one attached hydrogen (secondary N) is 1. The highest BCUT2D eigenvalue weighted by atomic mass is 35.5. The van der Waals surface area contributed by atoms with Crippen LogP contribution in [0.3, 0.4) is 0 Å². The summed E-state index contributed by atoms with van der Waals surface area (Å²) in [5.41, 5.74) is 0. The van der Waals surface area contributed by atoms with Crippen LogP contribution in [0, 0.1) is 17.8 Å². The quantitative estimate of drug-likeness (QED) is 0.822. The Hall–Kier alpha value is -0.830. The zero-order valence-corrected chi connectivity index (χ0v) is 9.95. The van der Waals surface area contributed by atoms with Crippen molar-refractivity contribution in [1.29, 1.82) is 0 Å². The molecule has 3 atom stereocenters. The molecular formula is C12H16ClN3. The molecule has 16 heavy (non-hydrogen) atoms. The van der Waals surface area contributed by atoms with Gasteiger partial charge in [-0.25, -0.2) is 9.97 Å². The second kappa shape index (κ2) is 4.21. The van der Waals surface area contributed by atoms with Crippen molar-refractivity contribution in [3.8, 4) is 0 Å².